The van der Waals surface area contributed by atoms with E-state index in [0.717, 1.165) is 23.2 Å². The molecule has 0 amide bonds. The number of hydrogen-bond acceptors (Lipinski definition) is 7. The molecular weight excluding hydrogens is 401 g/mol. The molecule has 1 aliphatic heterocycles. The number of ether oxygens (including phenoxy) is 2. The van der Waals surface area contributed by atoms with Crippen LogP contribution in [-0.4, -0.2) is 60.2 Å². The lowest BCUT2D eigenvalue weighted by atomic mass is 10.2. The number of hydrogen-bond donors (Lipinski definition) is 0. The van der Waals surface area contributed by atoms with Gasteiger partial charge in [0.25, 0.3) is 5.82 Å². The number of benzene rings is 1. The van der Waals surface area contributed by atoms with Crippen LogP contribution in [0.2, 0.25) is 0 Å². The Balaban J connectivity index is 1.56. The van der Waals surface area contributed by atoms with Gasteiger partial charge in [0.15, 0.2) is 5.65 Å². The van der Waals surface area contributed by atoms with Gasteiger partial charge in [0.05, 0.1) is 14.2 Å². The Morgan fingerprint density at radius 3 is 2.40 bits per heavy atom. The van der Waals surface area contributed by atoms with Gasteiger partial charge in [-0.2, -0.15) is 17.7 Å². The number of rotatable bonds is 5. The molecule has 30 heavy (non-hydrogen) atoms. The van der Waals surface area contributed by atoms with Gasteiger partial charge in [0.1, 0.15) is 17.3 Å². The summed E-state index contributed by atoms with van der Waals surface area (Å²) < 4.78 is 50.8. The number of fused-ring (bicyclic) bond motifs is 1. The van der Waals surface area contributed by atoms with Crippen LogP contribution in [-0.2, 0) is 6.18 Å². The molecule has 3 heterocycles. The topological polar surface area (TPSA) is 68.0 Å². The van der Waals surface area contributed by atoms with E-state index in [-0.39, 0.29) is 11.7 Å². The largest absolute Gasteiger partial charge is 0.497 e. The summed E-state index contributed by atoms with van der Waals surface area (Å²) in [6, 6.07) is 8.88. The third-order valence-corrected chi connectivity index (χ3v) is 5.28. The monoisotopic (exact) mass is 422 g/mol. The molecule has 1 aliphatic rings. The van der Waals surface area contributed by atoms with Crippen LogP contribution in [0.15, 0.2) is 30.3 Å². The van der Waals surface area contributed by atoms with Crippen molar-refractivity contribution < 1.29 is 22.6 Å². The Morgan fingerprint density at radius 2 is 1.77 bits per heavy atom. The van der Waals surface area contributed by atoms with E-state index in [1.807, 2.05) is 24.1 Å². The van der Waals surface area contributed by atoms with E-state index in [1.165, 1.54) is 6.07 Å². The molecule has 0 aliphatic carbocycles. The van der Waals surface area contributed by atoms with Gasteiger partial charge >= 0.3 is 6.18 Å². The summed E-state index contributed by atoms with van der Waals surface area (Å²) in [5.74, 6) is 0.674. The van der Waals surface area contributed by atoms with Gasteiger partial charge in [-0.1, -0.05) is 0 Å². The van der Waals surface area contributed by atoms with E-state index in [1.54, 1.807) is 26.4 Å². The first kappa shape index (κ1) is 20.0. The Morgan fingerprint density at radius 1 is 1.07 bits per heavy atom. The van der Waals surface area contributed by atoms with E-state index in [9.17, 15) is 13.2 Å². The summed E-state index contributed by atoms with van der Waals surface area (Å²) in [6.45, 7) is 1.47. The third kappa shape index (κ3) is 3.66. The summed E-state index contributed by atoms with van der Waals surface area (Å²) in [6.07, 6.45) is -3.80. The molecule has 8 nitrogen and oxygen atoms in total. The molecule has 1 aromatic carbocycles. The number of alkyl halides is 3. The van der Waals surface area contributed by atoms with Gasteiger partial charge in [0.2, 0.25) is 0 Å². The van der Waals surface area contributed by atoms with Crippen molar-refractivity contribution in [3.8, 4) is 11.5 Å². The van der Waals surface area contributed by atoms with Crippen molar-refractivity contribution in [2.75, 3.05) is 44.2 Å². The van der Waals surface area contributed by atoms with E-state index < -0.39 is 12.0 Å². The van der Waals surface area contributed by atoms with Gasteiger partial charge < -0.3 is 19.3 Å². The van der Waals surface area contributed by atoms with Crippen molar-refractivity contribution in [1.82, 2.24) is 19.8 Å². The second kappa shape index (κ2) is 7.54. The molecule has 3 aromatic rings. The second-order valence-corrected chi connectivity index (χ2v) is 7.05. The predicted molar refractivity (Wildman–Crippen MR) is 104 cm³/mol. The third-order valence-electron chi connectivity index (χ3n) is 5.28. The standard InChI is InChI=1S/C19H21F3N6O2/c1-26(17-5-4-16-23-24-18(19(20,21)22)28(16)25-17)12-6-7-27(11-12)13-8-14(29-2)10-15(9-13)30-3/h4-5,8-10,12H,6-7,11H2,1-3H3. The molecule has 0 N–H and O–H groups in total. The molecule has 1 fully saturated rings. The summed E-state index contributed by atoms with van der Waals surface area (Å²) in [4.78, 5) is 4.07. The molecule has 1 saturated heterocycles. The molecular formula is C19H21F3N6O2. The Hall–Kier alpha value is -3.24. The van der Waals surface area contributed by atoms with Gasteiger partial charge in [-0.15, -0.1) is 15.3 Å². The number of aromatic nitrogens is 4. The zero-order valence-electron chi connectivity index (χ0n) is 16.7. The maximum absolute atomic E-state index is 13.1. The lowest BCUT2D eigenvalue weighted by Crippen LogP contribution is -2.35. The average molecular weight is 422 g/mol. The van der Waals surface area contributed by atoms with Crippen LogP contribution in [0.5, 0.6) is 11.5 Å². The summed E-state index contributed by atoms with van der Waals surface area (Å²) in [7, 11) is 5.02. The van der Waals surface area contributed by atoms with Crippen molar-refractivity contribution in [3.05, 3.63) is 36.2 Å². The second-order valence-electron chi connectivity index (χ2n) is 7.05. The Labute approximate surface area is 170 Å². The van der Waals surface area contributed by atoms with Gasteiger partial charge in [-0.3, -0.25) is 0 Å². The van der Waals surface area contributed by atoms with E-state index in [0.29, 0.717) is 23.9 Å². The fraction of sp³-hybridized carbons (Fsp3) is 0.421. The maximum Gasteiger partial charge on any atom is 0.453 e. The molecule has 160 valence electrons. The zero-order chi connectivity index (χ0) is 21.5. The van der Waals surface area contributed by atoms with Gasteiger partial charge in [-0.25, -0.2) is 0 Å². The average Bonchev–Trinajstić information content (AvgIpc) is 3.39. The summed E-state index contributed by atoms with van der Waals surface area (Å²) >= 11 is 0. The van der Waals surface area contributed by atoms with Crippen LogP contribution in [0.25, 0.3) is 5.65 Å². The van der Waals surface area contributed by atoms with Crippen molar-refractivity contribution in [3.63, 3.8) is 0 Å². The first-order valence-electron chi connectivity index (χ1n) is 9.30. The van der Waals surface area contributed by atoms with Crippen LogP contribution in [0.3, 0.4) is 0 Å². The Kier molecular flexibility index (Phi) is 5.04. The fourth-order valence-corrected chi connectivity index (χ4v) is 3.60. The molecule has 0 spiro atoms. The minimum atomic E-state index is -4.63. The van der Waals surface area contributed by atoms with Crippen molar-refractivity contribution >= 4 is 17.2 Å². The number of nitrogens with zero attached hydrogens (tertiary/aromatic N) is 6. The highest BCUT2D eigenvalue weighted by Gasteiger charge is 2.38. The molecule has 0 saturated carbocycles. The molecule has 11 heteroatoms. The molecule has 0 bridgehead atoms. The summed E-state index contributed by atoms with van der Waals surface area (Å²) in [5.41, 5.74) is 1.01. The van der Waals surface area contributed by atoms with Crippen LogP contribution < -0.4 is 19.3 Å². The first-order valence-corrected chi connectivity index (χ1v) is 9.30. The predicted octanol–water partition coefficient (Wildman–Crippen LogP) is 2.88. The summed E-state index contributed by atoms with van der Waals surface area (Å²) in [5, 5.41) is 10.9. The number of likely N-dealkylation sites (N-methyl/N-ethyl adjacent to an activating group) is 1. The Bertz CT molecular complexity index is 1030. The molecule has 1 atom stereocenters. The van der Waals surface area contributed by atoms with Crippen LogP contribution in [0, 0.1) is 0 Å². The SMILES string of the molecule is COc1cc(OC)cc(N2CCC(N(C)c3ccc4nnc(C(F)(F)F)n4n3)C2)c1. The highest BCUT2D eigenvalue weighted by atomic mass is 19.4. The number of anilines is 2. The van der Waals surface area contributed by atoms with Gasteiger partial charge in [-0.05, 0) is 18.6 Å². The zero-order valence-corrected chi connectivity index (χ0v) is 16.7. The van der Waals surface area contributed by atoms with Crippen LogP contribution >= 0.6 is 0 Å². The minimum absolute atomic E-state index is 0.0519. The lowest BCUT2D eigenvalue weighted by Gasteiger charge is -2.26. The van der Waals surface area contributed by atoms with Crippen LogP contribution in [0.1, 0.15) is 12.2 Å². The van der Waals surface area contributed by atoms with Crippen molar-refractivity contribution in [2.45, 2.75) is 18.6 Å². The first-order chi connectivity index (χ1) is 14.3. The van der Waals surface area contributed by atoms with Crippen molar-refractivity contribution in [1.29, 1.82) is 0 Å². The normalized spacial score (nSPS) is 16.9. The minimum Gasteiger partial charge on any atom is -0.497 e. The van der Waals surface area contributed by atoms with E-state index in [2.05, 4.69) is 20.2 Å². The molecule has 4 rings (SSSR count). The van der Waals surface area contributed by atoms with Crippen molar-refractivity contribution in [2.24, 2.45) is 0 Å². The highest BCUT2D eigenvalue weighted by molar-refractivity contribution is 5.57. The lowest BCUT2D eigenvalue weighted by molar-refractivity contribution is -0.146. The van der Waals surface area contributed by atoms with E-state index >= 15 is 0 Å². The smallest absolute Gasteiger partial charge is 0.453 e. The maximum atomic E-state index is 13.1. The molecule has 2 aromatic heterocycles. The number of halogens is 3. The quantitative estimate of drug-likeness (QED) is 0.626. The van der Waals surface area contributed by atoms with E-state index in [4.69, 9.17) is 9.47 Å². The highest BCUT2D eigenvalue weighted by Crippen LogP contribution is 2.32. The number of methoxy groups -OCH3 is 2. The fourth-order valence-electron chi connectivity index (χ4n) is 3.60. The van der Waals surface area contributed by atoms with Gasteiger partial charge in [0, 0.05) is 50.1 Å². The van der Waals surface area contributed by atoms with Crippen LogP contribution in [0.4, 0.5) is 24.7 Å². The molecule has 0 radical (unpaired) electrons. The molecule has 1 unspecified atom stereocenters.